The Kier molecular flexibility index (Phi) is 4.17. The van der Waals surface area contributed by atoms with Gasteiger partial charge in [0.05, 0.1) is 18.3 Å². The van der Waals surface area contributed by atoms with Gasteiger partial charge in [0.15, 0.2) is 0 Å². The molecule has 1 aromatic rings. The smallest absolute Gasteiger partial charge is 0.131 e. The summed E-state index contributed by atoms with van der Waals surface area (Å²) in [6.45, 7) is 1.91. The van der Waals surface area contributed by atoms with Gasteiger partial charge in [0.2, 0.25) is 0 Å². The van der Waals surface area contributed by atoms with E-state index in [9.17, 15) is 13.9 Å². The van der Waals surface area contributed by atoms with Crippen LogP contribution in [0.25, 0.3) is 0 Å². The molecule has 0 saturated heterocycles. The van der Waals surface area contributed by atoms with Crippen molar-refractivity contribution in [2.24, 2.45) is 5.92 Å². The summed E-state index contributed by atoms with van der Waals surface area (Å²) in [5.74, 6) is -1.82. The molecule has 0 aliphatic heterocycles. The Morgan fingerprint density at radius 2 is 1.87 bits per heavy atom. The number of rotatable bonds is 4. The molecule has 2 nitrogen and oxygen atoms in total. The predicted molar refractivity (Wildman–Crippen MR) is 52.4 cm³/mol. The van der Waals surface area contributed by atoms with Crippen LogP contribution in [0.2, 0.25) is 0 Å². The van der Waals surface area contributed by atoms with E-state index in [4.69, 9.17) is 4.74 Å². The SMILES string of the molecule is COCC(C)C(O)c1c(F)cccc1F. The van der Waals surface area contributed by atoms with E-state index in [1.54, 1.807) is 6.92 Å². The lowest BCUT2D eigenvalue weighted by molar-refractivity contribution is 0.0522. The second-order valence-electron chi connectivity index (χ2n) is 3.51. The van der Waals surface area contributed by atoms with Crippen LogP contribution in [-0.4, -0.2) is 18.8 Å². The van der Waals surface area contributed by atoms with Gasteiger partial charge < -0.3 is 9.84 Å². The summed E-state index contributed by atoms with van der Waals surface area (Å²) in [5, 5.41) is 9.72. The van der Waals surface area contributed by atoms with Crippen molar-refractivity contribution in [3.8, 4) is 0 Å². The second kappa shape index (κ2) is 5.19. The van der Waals surface area contributed by atoms with E-state index in [0.717, 1.165) is 12.1 Å². The number of hydrogen-bond donors (Lipinski definition) is 1. The number of hydrogen-bond acceptors (Lipinski definition) is 2. The molecule has 0 saturated carbocycles. The Morgan fingerprint density at radius 3 is 2.33 bits per heavy atom. The molecular weight excluding hydrogens is 202 g/mol. The highest BCUT2D eigenvalue weighted by atomic mass is 19.1. The van der Waals surface area contributed by atoms with Crippen molar-refractivity contribution in [3.05, 3.63) is 35.4 Å². The van der Waals surface area contributed by atoms with E-state index >= 15 is 0 Å². The highest BCUT2D eigenvalue weighted by Crippen LogP contribution is 2.26. The largest absolute Gasteiger partial charge is 0.388 e. The van der Waals surface area contributed by atoms with Crippen molar-refractivity contribution >= 4 is 0 Å². The molecule has 0 spiro atoms. The van der Waals surface area contributed by atoms with Crippen molar-refractivity contribution in [1.29, 1.82) is 0 Å². The average Bonchev–Trinajstić information content (AvgIpc) is 2.17. The molecule has 84 valence electrons. The van der Waals surface area contributed by atoms with Crippen molar-refractivity contribution in [1.82, 2.24) is 0 Å². The van der Waals surface area contributed by atoms with Crippen LogP contribution in [0.4, 0.5) is 8.78 Å². The Hall–Kier alpha value is -1.00. The summed E-state index contributed by atoms with van der Waals surface area (Å²) >= 11 is 0. The monoisotopic (exact) mass is 216 g/mol. The Bertz CT molecular complexity index is 308. The van der Waals surface area contributed by atoms with Crippen LogP contribution in [0.5, 0.6) is 0 Å². The first kappa shape index (κ1) is 12.1. The third-order valence-corrected chi connectivity index (χ3v) is 2.26. The van der Waals surface area contributed by atoms with Gasteiger partial charge in [-0.05, 0) is 12.1 Å². The van der Waals surface area contributed by atoms with Gasteiger partial charge in [-0.1, -0.05) is 13.0 Å². The standard InChI is InChI=1S/C11H14F2O2/c1-7(6-15-2)11(14)10-8(12)4-3-5-9(10)13/h3-5,7,11,14H,6H2,1-2H3. The first-order chi connectivity index (χ1) is 7.07. The number of benzene rings is 1. The quantitative estimate of drug-likeness (QED) is 0.836. The molecule has 4 heteroatoms. The lowest BCUT2D eigenvalue weighted by Gasteiger charge is -2.19. The fourth-order valence-corrected chi connectivity index (χ4v) is 1.43. The lowest BCUT2D eigenvalue weighted by atomic mass is 9.97. The van der Waals surface area contributed by atoms with Crippen LogP contribution in [-0.2, 0) is 4.74 Å². The molecule has 1 N–H and O–H groups in total. The molecule has 0 aliphatic carbocycles. The van der Waals surface area contributed by atoms with Gasteiger partial charge in [-0.2, -0.15) is 0 Å². The average molecular weight is 216 g/mol. The minimum absolute atomic E-state index is 0.245. The fraction of sp³-hybridized carbons (Fsp3) is 0.455. The van der Waals surface area contributed by atoms with E-state index in [1.165, 1.54) is 13.2 Å². The molecular formula is C11H14F2O2. The number of ether oxygens (including phenoxy) is 1. The van der Waals surface area contributed by atoms with Gasteiger partial charge in [0.1, 0.15) is 11.6 Å². The van der Waals surface area contributed by atoms with Crippen molar-refractivity contribution in [3.63, 3.8) is 0 Å². The summed E-state index contributed by atoms with van der Waals surface area (Å²) in [4.78, 5) is 0. The lowest BCUT2D eigenvalue weighted by Crippen LogP contribution is -2.17. The van der Waals surface area contributed by atoms with Gasteiger partial charge in [-0.15, -0.1) is 0 Å². The highest BCUT2D eigenvalue weighted by molar-refractivity contribution is 5.22. The molecule has 15 heavy (non-hydrogen) atoms. The zero-order valence-corrected chi connectivity index (χ0v) is 8.71. The molecule has 1 aromatic carbocycles. The molecule has 0 fully saturated rings. The highest BCUT2D eigenvalue weighted by Gasteiger charge is 2.23. The van der Waals surface area contributed by atoms with Crippen LogP contribution in [0, 0.1) is 17.6 Å². The molecule has 0 aliphatic rings. The van der Waals surface area contributed by atoms with Crippen LogP contribution in [0.1, 0.15) is 18.6 Å². The zero-order chi connectivity index (χ0) is 11.4. The summed E-state index contributed by atoms with van der Waals surface area (Å²) in [6.07, 6.45) is -1.19. The Morgan fingerprint density at radius 1 is 1.33 bits per heavy atom. The van der Waals surface area contributed by atoms with Gasteiger partial charge in [-0.25, -0.2) is 8.78 Å². The third-order valence-electron chi connectivity index (χ3n) is 2.26. The van der Waals surface area contributed by atoms with Crippen LogP contribution in [0.3, 0.4) is 0 Å². The van der Waals surface area contributed by atoms with Gasteiger partial charge in [0, 0.05) is 13.0 Å². The maximum absolute atomic E-state index is 13.3. The molecule has 0 radical (unpaired) electrons. The van der Waals surface area contributed by atoms with E-state index < -0.39 is 17.7 Å². The first-order valence-corrected chi connectivity index (χ1v) is 4.68. The van der Waals surface area contributed by atoms with E-state index in [0.29, 0.717) is 0 Å². The first-order valence-electron chi connectivity index (χ1n) is 4.68. The molecule has 2 unspecified atom stereocenters. The molecule has 1 rings (SSSR count). The van der Waals surface area contributed by atoms with Crippen molar-refractivity contribution in [2.45, 2.75) is 13.0 Å². The zero-order valence-electron chi connectivity index (χ0n) is 8.71. The van der Waals surface area contributed by atoms with Crippen molar-refractivity contribution < 1.29 is 18.6 Å². The summed E-state index contributed by atoms with van der Waals surface area (Å²) < 4.78 is 31.3. The summed E-state index contributed by atoms with van der Waals surface area (Å²) in [6, 6.07) is 3.52. The van der Waals surface area contributed by atoms with Gasteiger partial charge in [-0.3, -0.25) is 0 Å². The number of methoxy groups -OCH3 is 1. The molecule has 0 aromatic heterocycles. The third kappa shape index (κ3) is 2.73. The predicted octanol–water partition coefficient (Wildman–Crippen LogP) is 2.28. The van der Waals surface area contributed by atoms with Gasteiger partial charge >= 0.3 is 0 Å². The maximum Gasteiger partial charge on any atom is 0.131 e. The topological polar surface area (TPSA) is 29.5 Å². The molecule has 2 atom stereocenters. The summed E-state index contributed by atoms with van der Waals surface area (Å²) in [7, 11) is 1.47. The Labute approximate surface area is 87.5 Å². The molecule has 0 amide bonds. The minimum atomic E-state index is -1.19. The van der Waals surface area contributed by atoms with Crippen LogP contribution in [0.15, 0.2) is 18.2 Å². The Balaban J connectivity index is 2.94. The minimum Gasteiger partial charge on any atom is -0.388 e. The fourth-order valence-electron chi connectivity index (χ4n) is 1.43. The van der Waals surface area contributed by atoms with E-state index in [1.807, 2.05) is 0 Å². The number of aliphatic hydroxyl groups is 1. The van der Waals surface area contributed by atoms with Gasteiger partial charge in [0.25, 0.3) is 0 Å². The molecule has 0 heterocycles. The van der Waals surface area contributed by atoms with Crippen LogP contribution < -0.4 is 0 Å². The molecule has 0 bridgehead atoms. The van der Waals surface area contributed by atoms with E-state index in [2.05, 4.69) is 0 Å². The maximum atomic E-state index is 13.3. The normalized spacial score (nSPS) is 15.0. The summed E-state index contributed by atoms with van der Waals surface area (Å²) in [5.41, 5.74) is -0.290. The van der Waals surface area contributed by atoms with Crippen LogP contribution >= 0.6 is 0 Å². The van der Waals surface area contributed by atoms with Crippen molar-refractivity contribution in [2.75, 3.05) is 13.7 Å². The second-order valence-corrected chi connectivity index (χ2v) is 3.51. The number of aliphatic hydroxyl groups excluding tert-OH is 1. The number of halogens is 2. The van der Waals surface area contributed by atoms with E-state index in [-0.39, 0.29) is 18.1 Å².